The van der Waals surface area contributed by atoms with Crippen LogP contribution in [0.1, 0.15) is 61.0 Å². The van der Waals surface area contributed by atoms with Crippen LogP contribution < -0.4 is 19.6 Å². The molecule has 10 heteroatoms. The Morgan fingerprint density at radius 3 is 2.39 bits per heavy atom. The van der Waals surface area contributed by atoms with Crippen LogP contribution in [0.2, 0.25) is 5.02 Å². The highest BCUT2D eigenvalue weighted by Crippen LogP contribution is 2.43. The van der Waals surface area contributed by atoms with Gasteiger partial charge in [-0.15, -0.1) is 0 Å². The van der Waals surface area contributed by atoms with Gasteiger partial charge in [0.2, 0.25) is 0 Å². The fourth-order valence-electron chi connectivity index (χ4n) is 4.08. The van der Waals surface area contributed by atoms with Crippen LogP contribution in [0.15, 0.2) is 68.6 Å². The third kappa shape index (κ3) is 7.54. The Morgan fingerprint density at radius 1 is 1.07 bits per heavy atom. The highest BCUT2D eigenvalue weighted by Gasteiger charge is 2.22. The molecule has 4 aromatic rings. The number of hydrogen-bond donors (Lipinski definition) is 1. The van der Waals surface area contributed by atoms with Crippen LogP contribution in [0.25, 0.3) is 5.69 Å². The van der Waals surface area contributed by atoms with Gasteiger partial charge in [-0.05, 0) is 112 Å². The number of aryl methyl sites for hydroxylation is 2. The fourth-order valence-corrected chi connectivity index (χ4v) is 4.72. The molecule has 0 atom stereocenters. The summed E-state index contributed by atoms with van der Waals surface area (Å²) in [5.74, 6) is 1.71. The summed E-state index contributed by atoms with van der Waals surface area (Å²) in [7, 11) is 0. The second kappa shape index (κ2) is 12.9. The van der Waals surface area contributed by atoms with E-state index in [4.69, 9.17) is 30.2 Å². The van der Waals surface area contributed by atoms with Crippen molar-refractivity contribution >= 4 is 39.7 Å². The van der Waals surface area contributed by atoms with Crippen molar-refractivity contribution in [2.75, 3.05) is 6.61 Å². The standard InChI is InChI=1S/C31H33BrClN3O5/c1-7-38-26-16-21(27(32)28(33)29(26)41-31(4,5)6)17-34-35-30(37)25-15-14-24(40-25)18-39-23-12-10-22(11-13-23)36-19(2)8-9-20(36)3/h8-17H,7,18H2,1-6H3,(H,35,37)/b34-17+. The smallest absolute Gasteiger partial charge is 0.307 e. The maximum absolute atomic E-state index is 12.6. The lowest BCUT2D eigenvalue weighted by Crippen LogP contribution is -2.23. The second-order valence-corrected chi connectivity index (χ2v) is 11.4. The van der Waals surface area contributed by atoms with Crippen LogP contribution in [0.4, 0.5) is 0 Å². The van der Waals surface area contributed by atoms with Gasteiger partial charge in [0, 0.05) is 27.1 Å². The van der Waals surface area contributed by atoms with Crippen LogP contribution in [-0.2, 0) is 6.61 Å². The number of halogens is 2. The van der Waals surface area contributed by atoms with E-state index in [9.17, 15) is 4.79 Å². The third-order valence-electron chi connectivity index (χ3n) is 5.87. The number of rotatable bonds is 10. The minimum absolute atomic E-state index is 0.107. The van der Waals surface area contributed by atoms with Crippen molar-refractivity contribution in [1.29, 1.82) is 0 Å². The number of hydrazone groups is 1. The molecule has 0 radical (unpaired) electrons. The zero-order valence-electron chi connectivity index (χ0n) is 23.9. The number of furan rings is 1. The number of hydrogen-bond acceptors (Lipinski definition) is 6. The summed E-state index contributed by atoms with van der Waals surface area (Å²) in [5.41, 5.74) is 5.99. The number of benzene rings is 2. The first kappa shape index (κ1) is 30.3. The number of ether oxygens (including phenoxy) is 3. The molecule has 1 amide bonds. The quantitative estimate of drug-likeness (QED) is 0.140. The Balaban J connectivity index is 1.37. The van der Waals surface area contributed by atoms with E-state index in [0.717, 1.165) is 17.1 Å². The van der Waals surface area contributed by atoms with E-state index >= 15 is 0 Å². The molecule has 0 aliphatic rings. The van der Waals surface area contributed by atoms with Crippen molar-refractivity contribution < 1.29 is 23.4 Å². The third-order valence-corrected chi connectivity index (χ3v) is 7.31. The topological polar surface area (TPSA) is 87.2 Å². The van der Waals surface area contributed by atoms with Crippen LogP contribution >= 0.6 is 27.5 Å². The van der Waals surface area contributed by atoms with Crippen molar-refractivity contribution in [3.8, 4) is 22.9 Å². The predicted octanol–water partition coefficient (Wildman–Crippen LogP) is 8.02. The minimum Gasteiger partial charge on any atom is -0.490 e. The SMILES string of the molecule is CCOc1cc(/C=N/NC(=O)c2ccc(COc3ccc(-n4c(C)ccc4C)cc3)o2)c(Br)c(Cl)c1OC(C)(C)C. The van der Waals surface area contributed by atoms with Crippen molar-refractivity contribution in [3.63, 3.8) is 0 Å². The molecule has 1 N–H and O–H groups in total. The van der Waals surface area contributed by atoms with Gasteiger partial charge in [0.15, 0.2) is 17.3 Å². The summed E-state index contributed by atoms with van der Waals surface area (Å²) in [6.07, 6.45) is 1.46. The average Bonchev–Trinajstić information content (AvgIpc) is 3.54. The normalized spacial score (nSPS) is 11.6. The number of nitrogens with zero attached hydrogens (tertiary/aromatic N) is 2. The zero-order valence-corrected chi connectivity index (χ0v) is 26.2. The molecule has 0 aliphatic carbocycles. The molecule has 0 saturated carbocycles. The molecule has 8 nitrogen and oxygen atoms in total. The molecule has 0 unspecified atom stereocenters. The second-order valence-electron chi connectivity index (χ2n) is 10.3. The van der Waals surface area contributed by atoms with Gasteiger partial charge in [-0.1, -0.05) is 11.6 Å². The number of carbonyl (C=O) groups is 1. The van der Waals surface area contributed by atoms with Gasteiger partial charge in [0.05, 0.1) is 12.8 Å². The van der Waals surface area contributed by atoms with E-state index in [-0.39, 0.29) is 12.4 Å². The van der Waals surface area contributed by atoms with Gasteiger partial charge in [-0.2, -0.15) is 5.10 Å². The Hall–Kier alpha value is -3.69. The maximum atomic E-state index is 12.6. The largest absolute Gasteiger partial charge is 0.490 e. The molecule has 0 spiro atoms. The van der Waals surface area contributed by atoms with E-state index < -0.39 is 11.5 Å². The molecule has 0 bridgehead atoms. The summed E-state index contributed by atoms with van der Waals surface area (Å²) in [5, 5.41) is 4.41. The van der Waals surface area contributed by atoms with Crippen LogP contribution in [0.3, 0.4) is 0 Å². The minimum atomic E-state index is -0.505. The van der Waals surface area contributed by atoms with Gasteiger partial charge in [0.1, 0.15) is 28.7 Å². The predicted molar refractivity (Wildman–Crippen MR) is 164 cm³/mol. The molecule has 4 rings (SSSR count). The van der Waals surface area contributed by atoms with Gasteiger partial charge < -0.3 is 23.2 Å². The highest BCUT2D eigenvalue weighted by atomic mass is 79.9. The van der Waals surface area contributed by atoms with E-state index in [1.54, 1.807) is 18.2 Å². The highest BCUT2D eigenvalue weighted by molar-refractivity contribution is 9.10. The van der Waals surface area contributed by atoms with Gasteiger partial charge in [-0.3, -0.25) is 4.79 Å². The van der Waals surface area contributed by atoms with Crippen molar-refractivity contribution in [1.82, 2.24) is 9.99 Å². The summed E-state index contributed by atoms with van der Waals surface area (Å²) in [4.78, 5) is 12.6. The molecule has 216 valence electrons. The first-order valence-corrected chi connectivity index (χ1v) is 14.3. The number of nitrogens with one attached hydrogen (secondary N) is 1. The molecule has 0 aliphatic heterocycles. The van der Waals surface area contributed by atoms with E-state index in [2.05, 4.69) is 57.0 Å². The molecule has 41 heavy (non-hydrogen) atoms. The van der Waals surface area contributed by atoms with E-state index in [0.29, 0.717) is 44.7 Å². The summed E-state index contributed by atoms with van der Waals surface area (Å²) in [6, 6.07) is 17.0. The molecule has 2 heterocycles. The van der Waals surface area contributed by atoms with E-state index in [1.807, 2.05) is 52.0 Å². The van der Waals surface area contributed by atoms with Crippen LogP contribution in [0.5, 0.6) is 17.2 Å². The Kier molecular flexibility index (Phi) is 9.50. The van der Waals surface area contributed by atoms with Crippen LogP contribution in [0, 0.1) is 13.8 Å². The molecule has 0 fully saturated rings. The maximum Gasteiger partial charge on any atom is 0.307 e. The average molecular weight is 643 g/mol. The zero-order chi connectivity index (χ0) is 29.7. The van der Waals surface area contributed by atoms with Crippen molar-refractivity contribution in [2.45, 2.75) is 53.8 Å². The van der Waals surface area contributed by atoms with Crippen LogP contribution in [-0.4, -0.2) is 28.9 Å². The monoisotopic (exact) mass is 641 g/mol. The molecule has 2 aromatic heterocycles. The fraction of sp³-hybridized carbons (Fsp3) is 0.290. The molecular formula is C31H33BrClN3O5. The lowest BCUT2D eigenvalue weighted by molar-refractivity contribution is 0.0923. The first-order valence-electron chi connectivity index (χ1n) is 13.1. The Bertz CT molecular complexity index is 1530. The van der Waals surface area contributed by atoms with Crippen molar-refractivity contribution in [3.05, 3.63) is 92.6 Å². The lowest BCUT2D eigenvalue weighted by atomic mass is 10.1. The first-order chi connectivity index (χ1) is 19.5. The molecular weight excluding hydrogens is 610 g/mol. The number of amides is 1. The summed E-state index contributed by atoms with van der Waals surface area (Å²) >= 11 is 10.1. The van der Waals surface area contributed by atoms with Gasteiger partial charge >= 0.3 is 5.91 Å². The molecule has 2 aromatic carbocycles. The Labute approximate surface area is 253 Å². The summed E-state index contributed by atoms with van der Waals surface area (Å²) in [6.45, 7) is 12.4. The van der Waals surface area contributed by atoms with Gasteiger partial charge in [-0.25, -0.2) is 5.43 Å². The van der Waals surface area contributed by atoms with Crippen molar-refractivity contribution in [2.24, 2.45) is 5.10 Å². The summed E-state index contributed by atoms with van der Waals surface area (Å²) < 4.78 is 26.0. The van der Waals surface area contributed by atoms with Gasteiger partial charge in [0.25, 0.3) is 0 Å². The number of carbonyl (C=O) groups excluding carboxylic acids is 1. The molecule has 0 saturated heterocycles. The van der Waals surface area contributed by atoms with E-state index in [1.165, 1.54) is 6.21 Å². The number of aromatic nitrogens is 1. The lowest BCUT2D eigenvalue weighted by Gasteiger charge is -2.24. The Morgan fingerprint density at radius 2 is 1.76 bits per heavy atom.